The van der Waals surface area contributed by atoms with Crippen molar-refractivity contribution in [2.75, 3.05) is 38.6 Å². The molecule has 0 aliphatic carbocycles. The van der Waals surface area contributed by atoms with Gasteiger partial charge in [0.2, 0.25) is 0 Å². The summed E-state index contributed by atoms with van der Waals surface area (Å²) in [5.74, 6) is 0. The van der Waals surface area contributed by atoms with Crippen molar-refractivity contribution in [3.05, 3.63) is 16.4 Å². The van der Waals surface area contributed by atoms with Gasteiger partial charge >= 0.3 is 0 Å². The van der Waals surface area contributed by atoms with Gasteiger partial charge in [-0.15, -0.1) is 10.2 Å². The quantitative estimate of drug-likeness (QED) is 0.800. The van der Waals surface area contributed by atoms with Gasteiger partial charge in [0, 0.05) is 19.2 Å². The molecular weight excluding hydrogens is 259 g/mol. The average molecular weight is 277 g/mol. The van der Waals surface area contributed by atoms with E-state index >= 15 is 0 Å². The second-order valence-electron chi connectivity index (χ2n) is 4.08. The number of rotatable bonds is 6. The van der Waals surface area contributed by atoms with E-state index in [9.17, 15) is 0 Å². The predicted molar refractivity (Wildman–Crippen MR) is 73.1 cm³/mol. The van der Waals surface area contributed by atoms with Gasteiger partial charge in [-0.05, 0) is 34.0 Å². The van der Waals surface area contributed by atoms with Gasteiger partial charge in [-0.1, -0.05) is 23.2 Å². The van der Waals surface area contributed by atoms with Crippen molar-refractivity contribution in [3.63, 3.8) is 0 Å². The van der Waals surface area contributed by atoms with Crippen molar-refractivity contribution in [1.82, 2.24) is 15.1 Å². The van der Waals surface area contributed by atoms with Crippen LogP contribution in [0, 0.1) is 0 Å². The van der Waals surface area contributed by atoms with E-state index in [0.29, 0.717) is 10.3 Å². The average Bonchev–Trinajstić information content (AvgIpc) is 2.28. The highest BCUT2D eigenvalue weighted by molar-refractivity contribution is 6.33. The molecule has 0 atom stereocenters. The zero-order valence-corrected chi connectivity index (χ0v) is 12.0. The molecule has 6 heteroatoms. The van der Waals surface area contributed by atoms with Crippen LogP contribution < -0.4 is 4.90 Å². The van der Waals surface area contributed by atoms with Crippen LogP contribution in [0.4, 0.5) is 5.69 Å². The highest BCUT2D eigenvalue weighted by Crippen LogP contribution is 2.25. The Kier molecular flexibility index (Phi) is 5.95. The van der Waals surface area contributed by atoms with Gasteiger partial charge < -0.3 is 9.80 Å². The fourth-order valence-electron chi connectivity index (χ4n) is 1.59. The largest absolute Gasteiger partial charge is 0.369 e. The van der Waals surface area contributed by atoms with Crippen molar-refractivity contribution in [1.29, 1.82) is 0 Å². The molecule has 96 valence electrons. The number of nitrogens with zero attached hydrogens (tertiary/aromatic N) is 4. The summed E-state index contributed by atoms with van der Waals surface area (Å²) in [5.41, 5.74) is 0.855. The molecule has 0 fully saturated rings. The van der Waals surface area contributed by atoms with E-state index < -0.39 is 0 Å². The monoisotopic (exact) mass is 276 g/mol. The Bertz CT molecular complexity index is 357. The minimum absolute atomic E-state index is 0.371. The van der Waals surface area contributed by atoms with Gasteiger partial charge in [0.25, 0.3) is 0 Å². The third-order valence-electron chi connectivity index (χ3n) is 2.46. The van der Waals surface area contributed by atoms with Gasteiger partial charge in [0.05, 0.1) is 5.69 Å². The topological polar surface area (TPSA) is 32.3 Å². The number of aromatic nitrogens is 2. The molecule has 0 radical (unpaired) electrons. The second kappa shape index (κ2) is 6.99. The van der Waals surface area contributed by atoms with Crippen LogP contribution in [-0.2, 0) is 0 Å². The summed E-state index contributed by atoms with van der Waals surface area (Å²) in [4.78, 5) is 4.32. The van der Waals surface area contributed by atoms with Gasteiger partial charge in [-0.3, -0.25) is 0 Å². The highest BCUT2D eigenvalue weighted by Gasteiger charge is 2.11. The lowest BCUT2D eigenvalue weighted by molar-refractivity contribution is 0.400. The Morgan fingerprint density at radius 2 is 1.88 bits per heavy atom. The summed E-state index contributed by atoms with van der Waals surface area (Å²) in [7, 11) is 4.13. The van der Waals surface area contributed by atoms with Crippen molar-refractivity contribution < 1.29 is 0 Å². The Labute approximate surface area is 113 Å². The third kappa shape index (κ3) is 4.66. The number of halogens is 2. The summed E-state index contributed by atoms with van der Waals surface area (Å²) < 4.78 is 0. The molecule has 0 aliphatic rings. The summed E-state index contributed by atoms with van der Waals surface area (Å²) in [5, 5.41) is 8.31. The number of hydrogen-bond acceptors (Lipinski definition) is 4. The SMILES string of the molecule is CCN(CCCN(C)C)c1cc(Cl)nnc1Cl. The van der Waals surface area contributed by atoms with Crippen LogP contribution in [0.5, 0.6) is 0 Å². The minimum Gasteiger partial charge on any atom is -0.369 e. The highest BCUT2D eigenvalue weighted by atomic mass is 35.5. The van der Waals surface area contributed by atoms with Crippen LogP contribution >= 0.6 is 23.2 Å². The maximum absolute atomic E-state index is 6.03. The normalized spacial score (nSPS) is 10.9. The fraction of sp³-hybridized carbons (Fsp3) is 0.636. The van der Waals surface area contributed by atoms with Crippen LogP contribution in [0.3, 0.4) is 0 Å². The van der Waals surface area contributed by atoms with Crippen LogP contribution in [-0.4, -0.2) is 48.8 Å². The smallest absolute Gasteiger partial charge is 0.175 e. The molecule has 1 heterocycles. The number of hydrogen-bond donors (Lipinski definition) is 0. The Balaban J connectivity index is 2.68. The van der Waals surface area contributed by atoms with Gasteiger partial charge in [-0.2, -0.15) is 0 Å². The van der Waals surface area contributed by atoms with E-state index in [1.807, 2.05) is 0 Å². The van der Waals surface area contributed by atoms with E-state index in [1.54, 1.807) is 6.07 Å². The van der Waals surface area contributed by atoms with Crippen molar-refractivity contribution in [3.8, 4) is 0 Å². The van der Waals surface area contributed by atoms with Crippen LogP contribution in [0.1, 0.15) is 13.3 Å². The van der Waals surface area contributed by atoms with Gasteiger partial charge in [-0.25, -0.2) is 0 Å². The second-order valence-corrected chi connectivity index (χ2v) is 4.82. The first kappa shape index (κ1) is 14.5. The zero-order valence-electron chi connectivity index (χ0n) is 10.5. The molecule has 0 saturated heterocycles. The van der Waals surface area contributed by atoms with E-state index in [-0.39, 0.29) is 0 Å². The molecule has 1 rings (SSSR count). The van der Waals surface area contributed by atoms with Crippen molar-refractivity contribution in [2.24, 2.45) is 0 Å². The van der Waals surface area contributed by atoms with E-state index in [1.165, 1.54) is 0 Å². The van der Waals surface area contributed by atoms with E-state index in [4.69, 9.17) is 23.2 Å². The first-order valence-corrected chi connectivity index (χ1v) is 6.38. The van der Waals surface area contributed by atoms with E-state index in [0.717, 1.165) is 31.7 Å². The molecule has 17 heavy (non-hydrogen) atoms. The third-order valence-corrected chi connectivity index (χ3v) is 2.91. The fourth-order valence-corrected chi connectivity index (χ4v) is 1.95. The van der Waals surface area contributed by atoms with Crippen molar-refractivity contribution >= 4 is 28.9 Å². The van der Waals surface area contributed by atoms with Crippen LogP contribution in [0.15, 0.2) is 6.07 Å². The molecule has 0 aliphatic heterocycles. The molecule has 0 aromatic carbocycles. The summed E-state index contributed by atoms with van der Waals surface area (Å²) in [6.45, 7) is 4.92. The van der Waals surface area contributed by atoms with Crippen LogP contribution in [0.2, 0.25) is 10.3 Å². The molecule has 1 aromatic heterocycles. The predicted octanol–water partition coefficient (Wildman–Crippen LogP) is 2.56. The Morgan fingerprint density at radius 3 is 2.47 bits per heavy atom. The zero-order chi connectivity index (χ0) is 12.8. The lowest BCUT2D eigenvalue weighted by Crippen LogP contribution is -2.27. The first-order valence-electron chi connectivity index (χ1n) is 5.63. The molecule has 0 saturated carbocycles. The standard InChI is InChI=1S/C11H18Cl2N4/c1-4-17(7-5-6-16(2)3)9-8-10(12)14-15-11(9)13/h8H,4-7H2,1-3H3. The number of anilines is 1. The van der Waals surface area contributed by atoms with Gasteiger partial charge in [0.15, 0.2) is 10.3 Å². The van der Waals surface area contributed by atoms with Crippen LogP contribution in [0.25, 0.3) is 0 Å². The summed E-state index contributed by atoms with van der Waals surface area (Å²) >= 11 is 11.9. The summed E-state index contributed by atoms with van der Waals surface area (Å²) in [6.07, 6.45) is 1.07. The lowest BCUT2D eigenvalue weighted by atomic mass is 10.3. The lowest BCUT2D eigenvalue weighted by Gasteiger charge is -2.24. The van der Waals surface area contributed by atoms with Gasteiger partial charge in [0.1, 0.15) is 0 Å². The molecule has 0 unspecified atom stereocenters. The molecule has 1 aromatic rings. The Hall–Kier alpha value is -0.580. The molecule has 0 spiro atoms. The molecule has 0 N–H and O–H groups in total. The molecule has 0 bridgehead atoms. The van der Waals surface area contributed by atoms with Crippen molar-refractivity contribution in [2.45, 2.75) is 13.3 Å². The molecular formula is C11H18Cl2N4. The maximum atomic E-state index is 6.03. The first-order chi connectivity index (χ1) is 8.04. The Morgan fingerprint density at radius 1 is 1.18 bits per heavy atom. The minimum atomic E-state index is 0.371. The molecule has 0 amide bonds. The van der Waals surface area contributed by atoms with E-state index in [2.05, 4.69) is 41.0 Å². The molecule has 4 nitrogen and oxygen atoms in total. The summed E-state index contributed by atoms with van der Waals surface area (Å²) in [6, 6.07) is 1.76. The maximum Gasteiger partial charge on any atom is 0.175 e.